The highest BCUT2D eigenvalue weighted by molar-refractivity contribution is 5.75. The first-order chi connectivity index (χ1) is 9.98. The molecule has 0 unspecified atom stereocenters. The summed E-state index contributed by atoms with van der Waals surface area (Å²) in [5, 5.41) is 19.9. The minimum absolute atomic E-state index is 0.431. The minimum atomic E-state index is -0.960. The molecule has 2 N–H and O–H groups in total. The number of carbonyl (C=O) groups is 1. The Hall–Kier alpha value is -1.39. The number of aliphatic hydroxyl groups excluding tert-OH is 1. The molecular formula is C17H25NO3. The molecule has 4 nitrogen and oxygen atoms in total. The average molecular weight is 291 g/mol. The number of aryl methyl sites for hydroxylation is 1. The predicted octanol–water partition coefficient (Wildman–Crippen LogP) is 2.43. The quantitative estimate of drug-likeness (QED) is 0.874. The van der Waals surface area contributed by atoms with Crippen molar-refractivity contribution in [3.63, 3.8) is 0 Å². The zero-order chi connectivity index (χ0) is 15.5. The van der Waals surface area contributed by atoms with Crippen LogP contribution in [0.3, 0.4) is 0 Å². The van der Waals surface area contributed by atoms with E-state index in [1.807, 2.05) is 13.0 Å². The van der Waals surface area contributed by atoms with Crippen molar-refractivity contribution in [1.29, 1.82) is 0 Å². The second-order valence-electron chi connectivity index (χ2n) is 6.20. The van der Waals surface area contributed by atoms with Gasteiger partial charge in [0.2, 0.25) is 0 Å². The van der Waals surface area contributed by atoms with Crippen LogP contribution in [-0.4, -0.2) is 40.3 Å². The van der Waals surface area contributed by atoms with Gasteiger partial charge in [0.1, 0.15) is 0 Å². The van der Waals surface area contributed by atoms with Gasteiger partial charge in [-0.15, -0.1) is 0 Å². The van der Waals surface area contributed by atoms with E-state index >= 15 is 0 Å². The fourth-order valence-electron chi connectivity index (χ4n) is 3.34. The molecule has 0 aliphatic carbocycles. The number of aliphatic hydroxyl groups is 1. The molecular weight excluding hydrogens is 266 g/mol. The molecule has 21 heavy (non-hydrogen) atoms. The van der Waals surface area contributed by atoms with Crippen molar-refractivity contribution in [1.82, 2.24) is 4.90 Å². The Bertz CT molecular complexity index is 503. The number of hydrogen-bond donors (Lipinski definition) is 2. The molecule has 1 fully saturated rings. The number of carboxylic acids is 1. The maximum Gasteiger partial charge on any atom is 0.312 e. The molecule has 0 radical (unpaired) electrons. The number of carboxylic acid groups (broad SMARTS) is 1. The summed E-state index contributed by atoms with van der Waals surface area (Å²) < 4.78 is 0. The van der Waals surface area contributed by atoms with E-state index in [-0.39, 0.29) is 0 Å². The van der Waals surface area contributed by atoms with Crippen LogP contribution >= 0.6 is 0 Å². The Kier molecular flexibility index (Phi) is 5.01. The molecule has 0 saturated carbocycles. The summed E-state index contributed by atoms with van der Waals surface area (Å²) in [6.45, 7) is 5.94. The number of piperidine rings is 1. The Labute approximate surface area is 126 Å². The number of β-amino-alcohol motifs (C(OH)–C–C–N with tert-alkyl or cyclic N) is 1. The number of nitrogens with zero attached hydrogens (tertiary/aromatic N) is 1. The largest absolute Gasteiger partial charge is 0.481 e. The Morgan fingerprint density at radius 3 is 2.81 bits per heavy atom. The van der Waals surface area contributed by atoms with Crippen LogP contribution in [-0.2, 0) is 11.3 Å². The molecule has 0 bridgehead atoms. The van der Waals surface area contributed by atoms with Crippen molar-refractivity contribution in [2.24, 2.45) is 5.41 Å². The molecule has 2 atom stereocenters. The highest BCUT2D eigenvalue weighted by Gasteiger charge is 2.47. The van der Waals surface area contributed by atoms with Gasteiger partial charge >= 0.3 is 5.97 Å². The van der Waals surface area contributed by atoms with Gasteiger partial charge in [0.05, 0.1) is 11.5 Å². The number of likely N-dealkylation sites (tertiary alicyclic amines) is 1. The third-order valence-corrected chi connectivity index (χ3v) is 4.55. The summed E-state index contributed by atoms with van der Waals surface area (Å²) in [7, 11) is 0. The van der Waals surface area contributed by atoms with Crippen LogP contribution in [0.25, 0.3) is 0 Å². The SMILES string of the molecule is CCC[C@]1(C(=O)O)CCN(Cc2cccc(C)c2)C[C@@H]1O. The van der Waals surface area contributed by atoms with E-state index < -0.39 is 17.5 Å². The van der Waals surface area contributed by atoms with E-state index in [1.54, 1.807) is 0 Å². The van der Waals surface area contributed by atoms with Crippen LogP contribution in [0.2, 0.25) is 0 Å². The maximum absolute atomic E-state index is 11.6. The van der Waals surface area contributed by atoms with Crippen LogP contribution in [0.1, 0.15) is 37.3 Å². The van der Waals surface area contributed by atoms with Gasteiger partial charge in [-0.25, -0.2) is 0 Å². The molecule has 116 valence electrons. The normalized spacial score (nSPS) is 26.7. The lowest BCUT2D eigenvalue weighted by molar-refractivity contribution is -0.164. The van der Waals surface area contributed by atoms with Gasteiger partial charge in [0.25, 0.3) is 0 Å². The summed E-state index contributed by atoms with van der Waals surface area (Å²) in [4.78, 5) is 13.8. The molecule has 4 heteroatoms. The molecule has 1 aromatic rings. The summed E-state index contributed by atoms with van der Waals surface area (Å²) in [5.74, 6) is -0.855. The van der Waals surface area contributed by atoms with Crippen molar-refractivity contribution in [2.45, 2.75) is 45.8 Å². The number of rotatable bonds is 5. The minimum Gasteiger partial charge on any atom is -0.481 e. The van der Waals surface area contributed by atoms with Crippen LogP contribution in [0.5, 0.6) is 0 Å². The van der Waals surface area contributed by atoms with Crippen molar-refractivity contribution < 1.29 is 15.0 Å². The van der Waals surface area contributed by atoms with Crippen molar-refractivity contribution in [3.8, 4) is 0 Å². The second kappa shape index (κ2) is 6.58. The smallest absolute Gasteiger partial charge is 0.312 e. The highest BCUT2D eigenvalue weighted by atomic mass is 16.4. The van der Waals surface area contributed by atoms with Gasteiger partial charge < -0.3 is 10.2 Å². The first kappa shape index (κ1) is 16.0. The van der Waals surface area contributed by atoms with Gasteiger partial charge in [-0.2, -0.15) is 0 Å². The molecule has 0 spiro atoms. The van der Waals surface area contributed by atoms with E-state index in [4.69, 9.17) is 0 Å². The molecule has 0 aromatic heterocycles. The predicted molar refractivity (Wildman–Crippen MR) is 82.1 cm³/mol. The van der Waals surface area contributed by atoms with Gasteiger partial charge in [0, 0.05) is 13.1 Å². The lowest BCUT2D eigenvalue weighted by Crippen LogP contribution is -2.54. The molecule has 1 aliphatic heterocycles. The Balaban J connectivity index is 2.04. The van der Waals surface area contributed by atoms with Gasteiger partial charge in [0.15, 0.2) is 0 Å². The van der Waals surface area contributed by atoms with Crippen LogP contribution in [0.4, 0.5) is 0 Å². The Morgan fingerprint density at radius 2 is 2.24 bits per heavy atom. The highest BCUT2D eigenvalue weighted by Crippen LogP contribution is 2.37. The van der Waals surface area contributed by atoms with E-state index in [0.29, 0.717) is 19.4 Å². The summed E-state index contributed by atoms with van der Waals surface area (Å²) >= 11 is 0. The van der Waals surface area contributed by atoms with Crippen LogP contribution < -0.4 is 0 Å². The Morgan fingerprint density at radius 1 is 1.48 bits per heavy atom. The zero-order valence-corrected chi connectivity index (χ0v) is 12.9. The van der Waals surface area contributed by atoms with Gasteiger partial charge in [-0.05, 0) is 31.9 Å². The monoisotopic (exact) mass is 291 g/mol. The zero-order valence-electron chi connectivity index (χ0n) is 12.9. The fourth-order valence-corrected chi connectivity index (χ4v) is 3.34. The third-order valence-electron chi connectivity index (χ3n) is 4.55. The first-order valence-electron chi connectivity index (χ1n) is 7.67. The third kappa shape index (κ3) is 3.44. The van der Waals surface area contributed by atoms with Gasteiger partial charge in [-0.3, -0.25) is 9.69 Å². The molecule has 1 aliphatic rings. The number of hydrogen-bond acceptors (Lipinski definition) is 3. The lowest BCUT2D eigenvalue weighted by atomic mass is 9.73. The average Bonchev–Trinajstić information content (AvgIpc) is 2.42. The van der Waals surface area contributed by atoms with Crippen molar-refractivity contribution >= 4 is 5.97 Å². The van der Waals surface area contributed by atoms with Crippen LogP contribution in [0.15, 0.2) is 24.3 Å². The van der Waals surface area contributed by atoms with Crippen LogP contribution in [0, 0.1) is 12.3 Å². The summed E-state index contributed by atoms with van der Waals surface area (Å²) in [6, 6.07) is 8.30. The summed E-state index contributed by atoms with van der Waals surface area (Å²) in [6.07, 6.45) is 1.04. The van der Waals surface area contributed by atoms with Crippen molar-refractivity contribution in [2.75, 3.05) is 13.1 Å². The molecule has 1 heterocycles. The van der Waals surface area contributed by atoms with Gasteiger partial charge in [-0.1, -0.05) is 43.2 Å². The summed E-state index contributed by atoms with van der Waals surface area (Å²) in [5.41, 5.74) is 1.47. The van der Waals surface area contributed by atoms with E-state index in [1.165, 1.54) is 11.1 Å². The lowest BCUT2D eigenvalue weighted by Gasteiger charge is -2.42. The molecule has 0 amide bonds. The number of aliphatic carboxylic acids is 1. The topological polar surface area (TPSA) is 60.8 Å². The molecule has 1 aromatic carbocycles. The number of benzene rings is 1. The van der Waals surface area contributed by atoms with E-state index in [9.17, 15) is 15.0 Å². The van der Waals surface area contributed by atoms with E-state index in [2.05, 4.69) is 30.0 Å². The fraction of sp³-hybridized carbons (Fsp3) is 0.588. The van der Waals surface area contributed by atoms with E-state index in [0.717, 1.165) is 19.5 Å². The second-order valence-corrected chi connectivity index (χ2v) is 6.20. The maximum atomic E-state index is 11.6. The molecule has 2 rings (SSSR count). The first-order valence-corrected chi connectivity index (χ1v) is 7.67. The standard InChI is InChI=1S/C17H25NO3/c1-3-7-17(16(20)21)8-9-18(12-15(17)19)11-14-6-4-5-13(2)10-14/h4-6,10,15,19H,3,7-9,11-12H2,1-2H3,(H,20,21)/t15-,17-/m0/s1. The molecule has 1 saturated heterocycles. The van der Waals surface area contributed by atoms with Crippen molar-refractivity contribution in [3.05, 3.63) is 35.4 Å².